The summed E-state index contributed by atoms with van der Waals surface area (Å²) in [5.41, 5.74) is 4.77. The molecular formula is C18H14N2O2S. The van der Waals surface area contributed by atoms with E-state index in [1.54, 1.807) is 24.4 Å². The maximum absolute atomic E-state index is 11.8. The molecule has 4 nitrogen and oxygen atoms in total. The zero-order valence-electron chi connectivity index (χ0n) is 12.2. The van der Waals surface area contributed by atoms with Crippen LogP contribution in [0.4, 0.5) is 5.69 Å². The Labute approximate surface area is 138 Å². The SMILES string of the molecule is O=C(Oc1ccc(/C=N/Nc2ccccc2)cc1)c1cccs1. The molecule has 0 radical (unpaired) electrons. The molecule has 0 saturated carbocycles. The van der Waals surface area contributed by atoms with Gasteiger partial charge >= 0.3 is 5.97 Å². The van der Waals surface area contributed by atoms with Crippen molar-refractivity contribution in [2.75, 3.05) is 5.43 Å². The highest BCUT2D eigenvalue weighted by Crippen LogP contribution is 2.16. The number of carbonyl (C=O) groups is 1. The van der Waals surface area contributed by atoms with Crippen molar-refractivity contribution in [3.05, 3.63) is 82.6 Å². The Morgan fingerprint density at radius 1 is 1.00 bits per heavy atom. The monoisotopic (exact) mass is 322 g/mol. The Morgan fingerprint density at radius 3 is 2.48 bits per heavy atom. The first-order chi connectivity index (χ1) is 11.3. The van der Waals surface area contributed by atoms with Gasteiger partial charge in [-0.15, -0.1) is 11.3 Å². The van der Waals surface area contributed by atoms with Gasteiger partial charge < -0.3 is 4.74 Å². The predicted octanol–water partition coefficient (Wildman–Crippen LogP) is 4.41. The number of hydrogen-bond acceptors (Lipinski definition) is 5. The number of anilines is 1. The minimum absolute atomic E-state index is 0.341. The maximum atomic E-state index is 11.8. The lowest BCUT2D eigenvalue weighted by Gasteiger charge is -2.03. The van der Waals surface area contributed by atoms with Crippen molar-refractivity contribution in [3.8, 4) is 5.75 Å². The van der Waals surface area contributed by atoms with Crippen LogP contribution in [-0.4, -0.2) is 12.2 Å². The molecule has 0 aliphatic heterocycles. The predicted molar refractivity (Wildman–Crippen MR) is 93.4 cm³/mol. The average molecular weight is 322 g/mol. The van der Waals surface area contributed by atoms with Gasteiger partial charge in [0.15, 0.2) is 0 Å². The van der Waals surface area contributed by atoms with Crippen LogP contribution in [0.2, 0.25) is 0 Å². The zero-order valence-corrected chi connectivity index (χ0v) is 13.0. The molecule has 23 heavy (non-hydrogen) atoms. The summed E-state index contributed by atoms with van der Waals surface area (Å²) in [7, 11) is 0. The van der Waals surface area contributed by atoms with E-state index in [9.17, 15) is 4.79 Å². The lowest BCUT2D eigenvalue weighted by molar-refractivity contribution is 0.0740. The number of ether oxygens (including phenoxy) is 1. The molecule has 0 atom stereocenters. The highest BCUT2D eigenvalue weighted by Gasteiger charge is 2.08. The second kappa shape index (κ2) is 7.38. The molecular weight excluding hydrogens is 308 g/mol. The molecule has 3 rings (SSSR count). The quantitative estimate of drug-likeness (QED) is 0.327. The number of nitrogens with zero attached hydrogens (tertiary/aromatic N) is 1. The van der Waals surface area contributed by atoms with Crippen LogP contribution in [0.1, 0.15) is 15.2 Å². The fraction of sp³-hybridized carbons (Fsp3) is 0. The largest absolute Gasteiger partial charge is 0.422 e. The van der Waals surface area contributed by atoms with E-state index in [0.717, 1.165) is 11.3 Å². The van der Waals surface area contributed by atoms with Crippen molar-refractivity contribution < 1.29 is 9.53 Å². The minimum atomic E-state index is -0.341. The highest BCUT2D eigenvalue weighted by atomic mass is 32.1. The summed E-state index contributed by atoms with van der Waals surface area (Å²) < 4.78 is 5.30. The number of benzene rings is 2. The van der Waals surface area contributed by atoms with Crippen molar-refractivity contribution in [1.82, 2.24) is 0 Å². The van der Waals surface area contributed by atoms with E-state index >= 15 is 0 Å². The van der Waals surface area contributed by atoms with E-state index < -0.39 is 0 Å². The van der Waals surface area contributed by atoms with Gasteiger partial charge in [0, 0.05) is 0 Å². The molecule has 0 aliphatic rings. The number of carbonyl (C=O) groups excluding carboxylic acids is 1. The first-order valence-corrected chi connectivity index (χ1v) is 7.89. The van der Waals surface area contributed by atoms with E-state index in [4.69, 9.17) is 4.74 Å². The molecule has 5 heteroatoms. The number of para-hydroxylation sites is 1. The molecule has 114 valence electrons. The number of thiophene rings is 1. The Hall–Kier alpha value is -2.92. The minimum Gasteiger partial charge on any atom is -0.422 e. The van der Waals surface area contributed by atoms with Crippen LogP contribution in [-0.2, 0) is 0 Å². The average Bonchev–Trinajstić information content (AvgIpc) is 3.12. The van der Waals surface area contributed by atoms with Crippen LogP contribution < -0.4 is 10.2 Å². The van der Waals surface area contributed by atoms with Gasteiger partial charge in [0.1, 0.15) is 10.6 Å². The summed E-state index contributed by atoms with van der Waals surface area (Å²) in [4.78, 5) is 12.4. The first kappa shape index (κ1) is 15.0. The van der Waals surface area contributed by atoms with E-state index in [2.05, 4.69) is 10.5 Å². The molecule has 1 heterocycles. The summed E-state index contributed by atoms with van der Waals surface area (Å²) in [5, 5.41) is 6.01. The summed E-state index contributed by atoms with van der Waals surface area (Å²) in [6.45, 7) is 0. The smallest absolute Gasteiger partial charge is 0.353 e. The Morgan fingerprint density at radius 2 is 1.78 bits per heavy atom. The molecule has 0 saturated heterocycles. The second-order valence-electron chi connectivity index (χ2n) is 4.67. The van der Waals surface area contributed by atoms with Crippen molar-refractivity contribution in [2.24, 2.45) is 5.10 Å². The van der Waals surface area contributed by atoms with Gasteiger partial charge in [0.25, 0.3) is 0 Å². The van der Waals surface area contributed by atoms with Crippen LogP contribution in [0.25, 0.3) is 0 Å². The van der Waals surface area contributed by atoms with Crippen LogP contribution >= 0.6 is 11.3 Å². The van der Waals surface area contributed by atoms with Crippen molar-refractivity contribution in [1.29, 1.82) is 0 Å². The molecule has 1 N–H and O–H groups in total. The third-order valence-electron chi connectivity index (χ3n) is 2.99. The van der Waals surface area contributed by atoms with Gasteiger partial charge in [0.05, 0.1) is 11.9 Å². The number of hydrogen-bond donors (Lipinski definition) is 1. The lowest BCUT2D eigenvalue weighted by atomic mass is 10.2. The second-order valence-corrected chi connectivity index (χ2v) is 5.62. The molecule has 1 aromatic heterocycles. The van der Waals surface area contributed by atoms with E-state index in [-0.39, 0.29) is 5.97 Å². The summed E-state index contributed by atoms with van der Waals surface area (Å²) in [6, 6.07) is 20.4. The topological polar surface area (TPSA) is 50.7 Å². The first-order valence-electron chi connectivity index (χ1n) is 7.01. The van der Waals surface area contributed by atoms with Crippen molar-refractivity contribution in [3.63, 3.8) is 0 Å². The number of rotatable bonds is 5. The zero-order chi connectivity index (χ0) is 15.9. The Balaban J connectivity index is 1.57. The van der Waals surface area contributed by atoms with Crippen molar-refractivity contribution in [2.45, 2.75) is 0 Å². The molecule has 0 fully saturated rings. The third kappa shape index (κ3) is 4.28. The lowest BCUT2D eigenvalue weighted by Crippen LogP contribution is -2.06. The molecule has 0 aliphatic carbocycles. The Bertz CT molecular complexity index is 782. The van der Waals surface area contributed by atoms with Gasteiger partial charge in [0.2, 0.25) is 0 Å². The molecule has 0 unspecified atom stereocenters. The van der Waals surface area contributed by atoms with Crippen LogP contribution in [0.5, 0.6) is 5.75 Å². The van der Waals surface area contributed by atoms with Gasteiger partial charge in [-0.2, -0.15) is 5.10 Å². The molecule has 2 aromatic carbocycles. The van der Waals surface area contributed by atoms with Gasteiger partial charge in [-0.1, -0.05) is 24.3 Å². The van der Waals surface area contributed by atoms with Gasteiger partial charge in [-0.25, -0.2) is 4.79 Å². The van der Waals surface area contributed by atoms with Crippen molar-refractivity contribution >= 4 is 29.2 Å². The van der Waals surface area contributed by atoms with Crippen LogP contribution in [0, 0.1) is 0 Å². The standard InChI is InChI=1S/C18H14N2O2S/c21-18(17-7-4-12-23-17)22-16-10-8-14(9-11-16)13-19-20-15-5-2-1-3-6-15/h1-13,20H/b19-13+. The molecule has 3 aromatic rings. The number of nitrogens with one attached hydrogen (secondary N) is 1. The highest BCUT2D eigenvalue weighted by molar-refractivity contribution is 7.12. The summed E-state index contributed by atoms with van der Waals surface area (Å²) >= 11 is 1.36. The Kier molecular flexibility index (Phi) is 4.81. The maximum Gasteiger partial charge on any atom is 0.353 e. The van der Waals surface area contributed by atoms with E-state index in [0.29, 0.717) is 10.6 Å². The van der Waals surface area contributed by atoms with E-state index in [1.165, 1.54) is 11.3 Å². The summed E-state index contributed by atoms with van der Waals surface area (Å²) in [6.07, 6.45) is 1.71. The normalized spacial score (nSPS) is 10.6. The van der Waals surface area contributed by atoms with Crippen LogP contribution in [0.3, 0.4) is 0 Å². The molecule has 0 bridgehead atoms. The number of esters is 1. The van der Waals surface area contributed by atoms with E-state index in [1.807, 2.05) is 53.9 Å². The fourth-order valence-electron chi connectivity index (χ4n) is 1.87. The van der Waals surface area contributed by atoms with Gasteiger partial charge in [-0.3, -0.25) is 5.43 Å². The third-order valence-corrected chi connectivity index (χ3v) is 3.84. The van der Waals surface area contributed by atoms with Gasteiger partial charge in [-0.05, 0) is 53.4 Å². The molecule has 0 spiro atoms. The number of hydrazone groups is 1. The molecule has 0 amide bonds. The van der Waals surface area contributed by atoms with Crippen LogP contribution in [0.15, 0.2) is 77.2 Å². The summed E-state index contributed by atoms with van der Waals surface area (Å²) in [5.74, 6) is 0.170. The fourth-order valence-corrected chi connectivity index (χ4v) is 2.47.